The van der Waals surface area contributed by atoms with Gasteiger partial charge in [-0.25, -0.2) is 4.79 Å². The van der Waals surface area contributed by atoms with Gasteiger partial charge in [0, 0.05) is 11.7 Å². The fourth-order valence-electron chi connectivity index (χ4n) is 2.76. The number of para-hydroxylation sites is 1. The van der Waals surface area contributed by atoms with E-state index in [1.165, 1.54) is 0 Å². The summed E-state index contributed by atoms with van der Waals surface area (Å²) in [6.45, 7) is 4.77. The summed E-state index contributed by atoms with van der Waals surface area (Å²) in [5, 5.41) is 1.16. The average Bonchev–Trinajstić information content (AvgIpc) is 2.97. The number of nitrogens with two attached hydrogens (primary N) is 1. The van der Waals surface area contributed by atoms with Crippen LogP contribution in [0.4, 0.5) is 0 Å². The van der Waals surface area contributed by atoms with Crippen molar-refractivity contribution in [3.8, 4) is 0 Å². The molecule has 2 N–H and O–H groups in total. The summed E-state index contributed by atoms with van der Waals surface area (Å²) < 4.78 is 7.18. The van der Waals surface area contributed by atoms with E-state index < -0.39 is 6.04 Å². The van der Waals surface area contributed by atoms with Gasteiger partial charge in [-0.05, 0) is 30.9 Å². The van der Waals surface area contributed by atoms with Gasteiger partial charge >= 0.3 is 5.97 Å². The number of rotatable bonds is 9. The Hall–Kier alpha value is -2.30. The fraction of sp³-hybridized carbons (Fsp3) is 0.474. The van der Waals surface area contributed by atoms with Gasteiger partial charge in [-0.3, -0.25) is 4.99 Å². The Morgan fingerprint density at radius 1 is 1.25 bits per heavy atom. The van der Waals surface area contributed by atoms with Gasteiger partial charge in [-0.2, -0.15) is 0 Å². The number of nitrogens with zero attached hydrogens (tertiary/aromatic N) is 2. The smallest absolute Gasteiger partial charge is 0.330 e. The van der Waals surface area contributed by atoms with Crippen LogP contribution in [-0.4, -0.2) is 29.0 Å². The lowest BCUT2D eigenvalue weighted by atomic mass is 10.1. The first kappa shape index (κ1) is 18.0. The molecule has 0 saturated heterocycles. The lowest BCUT2D eigenvalue weighted by molar-refractivity contribution is -0.144. The van der Waals surface area contributed by atoms with Gasteiger partial charge in [-0.15, -0.1) is 0 Å². The molecular formula is C19H27N3O2. The highest BCUT2D eigenvalue weighted by molar-refractivity contribution is 5.87. The quantitative estimate of drug-likeness (QED) is 0.331. The van der Waals surface area contributed by atoms with Gasteiger partial charge < -0.3 is 15.0 Å². The molecular weight excluding hydrogens is 302 g/mol. The SMILES string of the molecule is CCCCCC(N=C(N)Cn1ccc2ccccc21)C(=O)OCC. The highest BCUT2D eigenvalue weighted by Crippen LogP contribution is 2.15. The molecule has 1 atom stereocenters. The lowest BCUT2D eigenvalue weighted by Gasteiger charge is -2.13. The molecule has 1 aromatic heterocycles. The Balaban J connectivity index is 2.10. The van der Waals surface area contributed by atoms with Crippen molar-refractivity contribution in [3.63, 3.8) is 0 Å². The molecule has 0 amide bonds. The van der Waals surface area contributed by atoms with Crippen molar-refractivity contribution < 1.29 is 9.53 Å². The first-order valence-corrected chi connectivity index (χ1v) is 8.68. The number of benzene rings is 1. The maximum absolute atomic E-state index is 12.1. The molecule has 1 unspecified atom stereocenters. The lowest BCUT2D eigenvalue weighted by Crippen LogP contribution is -2.28. The fourth-order valence-corrected chi connectivity index (χ4v) is 2.76. The minimum atomic E-state index is -0.502. The zero-order valence-corrected chi connectivity index (χ0v) is 14.6. The standard InChI is InChI=1S/C19H27N3O2/c1-3-5-6-10-16(19(23)24-4-2)21-18(20)14-22-13-12-15-9-7-8-11-17(15)22/h7-9,11-13,16H,3-6,10,14H2,1-2H3,(H2,20,21). The van der Waals surface area contributed by atoms with Crippen LogP contribution in [0, 0.1) is 0 Å². The Kier molecular flexibility index (Phi) is 6.85. The van der Waals surface area contributed by atoms with E-state index in [1.807, 2.05) is 35.0 Å². The minimum absolute atomic E-state index is 0.283. The van der Waals surface area contributed by atoms with Crippen molar-refractivity contribution in [2.45, 2.75) is 52.1 Å². The number of carbonyl (C=O) groups excluding carboxylic acids is 1. The van der Waals surface area contributed by atoms with Gasteiger partial charge in [0.15, 0.2) is 0 Å². The van der Waals surface area contributed by atoms with Crippen LogP contribution in [0.1, 0.15) is 39.5 Å². The zero-order chi connectivity index (χ0) is 17.4. The molecule has 0 bridgehead atoms. The Bertz CT molecular complexity index is 691. The minimum Gasteiger partial charge on any atom is -0.464 e. The normalized spacial score (nSPS) is 13.2. The van der Waals surface area contributed by atoms with Crippen LogP contribution in [-0.2, 0) is 16.1 Å². The number of carbonyl (C=O) groups is 1. The maximum atomic E-state index is 12.1. The molecule has 130 valence electrons. The molecule has 0 fully saturated rings. The van der Waals surface area contributed by atoms with E-state index in [0.717, 1.165) is 30.2 Å². The van der Waals surface area contributed by atoms with Gasteiger partial charge in [0.05, 0.1) is 13.2 Å². The number of fused-ring (bicyclic) bond motifs is 1. The highest BCUT2D eigenvalue weighted by Gasteiger charge is 2.19. The summed E-state index contributed by atoms with van der Waals surface area (Å²) in [5.74, 6) is 0.167. The highest BCUT2D eigenvalue weighted by atomic mass is 16.5. The summed E-state index contributed by atoms with van der Waals surface area (Å²) in [4.78, 5) is 16.5. The van der Waals surface area contributed by atoms with Crippen molar-refractivity contribution >= 4 is 22.7 Å². The van der Waals surface area contributed by atoms with Crippen LogP contribution in [0.2, 0.25) is 0 Å². The van der Waals surface area contributed by atoms with E-state index in [4.69, 9.17) is 10.5 Å². The van der Waals surface area contributed by atoms with Crippen LogP contribution < -0.4 is 5.73 Å². The molecule has 1 aromatic carbocycles. The molecule has 0 saturated carbocycles. The van der Waals surface area contributed by atoms with Crippen LogP contribution in [0.5, 0.6) is 0 Å². The number of amidine groups is 1. The second-order valence-electron chi connectivity index (χ2n) is 5.89. The number of aliphatic imine (C=N–C) groups is 1. The molecule has 5 heteroatoms. The molecule has 0 spiro atoms. The predicted octanol–water partition coefficient (Wildman–Crippen LogP) is 3.51. The molecule has 2 rings (SSSR count). The zero-order valence-electron chi connectivity index (χ0n) is 14.6. The van der Waals surface area contributed by atoms with E-state index in [9.17, 15) is 4.79 Å². The number of hydrogen-bond donors (Lipinski definition) is 1. The van der Waals surface area contributed by atoms with Crippen LogP contribution in [0.25, 0.3) is 10.9 Å². The number of ether oxygens (including phenoxy) is 1. The van der Waals surface area contributed by atoms with E-state index in [2.05, 4.69) is 18.0 Å². The van der Waals surface area contributed by atoms with E-state index in [-0.39, 0.29) is 5.97 Å². The second kappa shape index (κ2) is 9.11. The number of esters is 1. The summed E-state index contributed by atoms with van der Waals surface area (Å²) in [7, 11) is 0. The van der Waals surface area contributed by atoms with Gasteiger partial charge in [-0.1, -0.05) is 44.4 Å². The Morgan fingerprint density at radius 2 is 2.04 bits per heavy atom. The molecule has 2 aromatic rings. The monoisotopic (exact) mass is 329 g/mol. The van der Waals surface area contributed by atoms with Gasteiger partial charge in [0.25, 0.3) is 0 Å². The number of unbranched alkanes of at least 4 members (excludes halogenated alkanes) is 2. The van der Waals surface area contributed by atoms with Crippen molar-refractivity contribution in [2.24, 2.45) is 10.7 Å². The number of hydrogen-bond acceptors (Lipinski definition) is 3. The topological polar surface area (TPSA) is 69.6 Å². The van der Waals surface area contributed by atoms with E-state index in [1.54, 1.807) is 6.92 Å². The Morgan fingerprint density at radius 3 is 2.79 bits per heavy atom. The predicted molar refractivity (Wildman–Crippen MR) is 98.1 cm³/mol. The second-order valence-corrected chi connectivity index (χ2v) is 5.89. The van der Waals surface area contributed by atoms with Crippen molar-refractivity contribution in [1.82, 2.24) is 4.57 Å². The number of aromatic nitrogens is 1. The van der Waals surface area contributed by atoms with Gasteiger partial charge in [0.2, 0.25) is 0 Å². The summed E-state index contributed by atoms with van der Waals surface area (Å²) in [5.41, 5.74) is 7.22. The molecule has 0 aliphatic heterocycles. The molecule has 1 heterocycles. The van der Waals surface area contributed by atoms with Crippen molar-refractivity contribution in [3.05, 3.63) is 36.5 Å². The van der Waals surface area contributed by atoms with Crippen LogP contribution in [0.15, 0.2) is 41.5 Å². The maximum Gasteiger partial charge on any atom is 0.330 e. The summed E-state index contributed by atoms with van der Waals surface area (Å²) in [6.07, 6.45) is 5.80. The molecule has 5 nitrogen and oxygen atoms in total. The molecule has 0 aliphatic rings. The van der Waals surface area contributed by atoms with Crippen LogP contribution >= 0.6 is 0 Å². The van der Waals surface area contributed by atoms with Gasteiger partial charge in [0.1, 0.15) is 11.9 Å². The summed E-state index contributed by atoms with van der Waals surface area (Å²) in [6, 6.07) is 9.66. The molecule has 0 radical (unpaired) electrons. The van der Waals surface area contributed by atoms with E-state index >= 15 is 0 Å². The van der Waals surface area contributed by atoms with Crippen LogP contribution in [0.3, 0.4) is 0 Å². The van der Waals surface area contributed by atoms with E-state index in [0.29, 0.717) is 25.4 Å². The average molecular weight is 329 g/mol. The van der Waals surface area contributed by atoms with Crippen molar-refractivity contribution in [1.29, 1.82) is 0 Å². The first-order chi connectivity index (χ1) is 11.7. The third-order valence-corrected chi connectivity index (χ3v) is 3.97. The largest absolute Gasteiger partial charge is 0.464 e. The summed E-state index contributed by atoms with van der Waals surface area (Å²) >= 11 is 0. The third-order valence-electron chi connectivity index (χ3n) is 3.97. The van der Waals surface area contributed by atoms with Crippen molar-refractivity contribution in [2.75, 3.05) is 6.61 Å². The Labute approximate surface area is 143 Å². The first-order valence-electron chi connectivity index (χ1n) is 8.68. The molecule has 0 aliphatic carbocycles. The molecule has 24 heavy (non-hydrogen) atoms. The third kappa shape index (κ3) is 4.85.